The van der Waals surface area contributed by atoms with Gasteiger partial charge in [0, 0.05) is 45.1 Å². The predicted octanol–water partition coefficient (Wildman–Crippen LogP) is 3.95. The maximum absolute atomic E-state index is 13.2. The molecule has 2 heterocycles. The van der Waals surface area contributed by atoms with Crippen LogP contribution in [-0.2, 0) is 13.1 Å². The van der Waals surface area contributed by atoms with Crippen LogP contribution in [0.15, 0.2) is 54.9 Å². The van der Waals surface area contributed by atoms with Gasteiger partial charge < -0.3 is 18.9 Å². The molecule has 0 saturated carbocycles. The highest BCUT2D eigenvalue weighted by Gasteiger charge is 2.25. The minimum absolute atomic E-state index is 0.0895. The smallest absolute Gasteiger partial charge is 0.255 e. The van der Waals surface area contributed by atoms with Crippen molar-refractivity contribution in [3.8, 4) is 11.5 Å². The summed E-state index contributed by atoms with van der Waals surface area (Å²) >= 11 is 6.48. The molecule has 0 unspecified atom stereocenters. The summed E-state index contributed by atoms with van der Waals surface area (Å²) in [5.74, 6) is 1.83. The molecule has 1 amide bonds. The second kappa shape index (κ2) is 10.7. The van der Waals surface area contributed by atoms with Gasteiger partial charge in [-0.25, -0.2) is 4.98 Å². The fraction of sp³-hybridized carbons (Fsp3) is 0.360. The summed E-state index contributed by atoms with van der Waals surface area (Å²) in [6.45, 7) is 4.53. The molecule has 8 heteroatoms. The van der Waals surface area contributed by atoms with Crippen molar-refractivity contribution >= 4 is 17.5 Å². The highest BCUT2D eigenvalue weighted by Crippen LogP contribution is 2.37. The van der Waals surface area contributed by atoms with Crippen molar-refractivity contribution in [2.45, 2.75) is 19.5 Å². The van der Waals surface area contributed by atoms with Crippen LogP contribution in [0.25, 0.3) is 0 Å². The van der Waals surface area contributed by atoms with Crippen LogP contribution in [0, 0.1) is 0 Å². The normalized spacial score (nSPS) is 14.7. The molecule has 2 aromatic carbocycles. The third-order valence-electron chi connectivity index (χ3n) is 5.95. The zero-order valence-electron chi connectivity index (χ0n) is 19.0. The van der Waals surface area contributed by atoms with Crippen LogP contribution in [0.1, 0.15) is 28.2 Å². The lowest BCUT2D eigenvalue weighted by molar-refractivity contribution is 0.0760. The topological polar surface area (TPSA) is 59.8 Å². The third kappa shape index (κ3) is 5.31. The highest BCUT2D eigenvalue weighted by atomic mass is 35.5. The number of halogens is 1. The lowest BCUT2D eigenvalue weighted by Gasteiger charge is -2.23. The maximum Gasteiger partial charge on any atom is 0.255 e. The summed E-state index contributed by atoms with van der Waals surface area (Å²) in [7, 11) is 3.06. The number of carbonyl (C=O) groups excluding carboxylic acids is 1. The van der Waals surface area contributed by atoms with Crippen LogP contribution in [0.4, 0.5) is 0 Å². The minimum Gasteiger partial charge on any atom is -0.493 e. The van der Waals surface area contributed by atoms with Gasteiger partial charge >= 0.3 is 0 Å². The predicted molar refractivity (Wildman–Crippen MR) is 128 cm³/mol. The molecular weight excluding hydrogens is 440 g/mol. The van der Waals surface area contributed by atoms with E-state index < -0.39 is 0 Å². The molecule has 0 bridgehead atoms. The number of imidazole rings is 1. The molecular formula is C25H29ClN4O3. The van der Waals surface area contributed by atoms with Crippen molar-refractivity contribution in [3.05, 3.63) is 76.8 Å². The lowest BCUT2D eigenvalue weighted by atomic mass is 10.1. The van der Waals surface area contributed by atoms with Crippen molar-refractivity contribution in [2.75, 3.05) is 40.4 Å². The van der Waals surface area contributed by atoms with Gasteiger partial charge in [0.15, 0.2) is 11.5 Å². The van der Waals surface area contributed by atoms with Crippen molar-refractivity contribution in [2.24, 2.45) is 0 Å². The summed E-state index contributed by atoms with van der Waals surface area (Å²) in [5.41, 5.74) is 1.68. The Morgan fingerprint density at radius 2 is 1.82 bits per heavy atom. The Balaban J connectivity index is 1.41. The largest absolute Gasteiger partial charge is 0.493 e. The number of benzene rings is 2. The van der Waals surface area contributed by atoms with E-state index in [1.807, 2.05) is 23.4 Å². The zero-order chi connectivity index (χ0) is 23.2. The van der Waals surface area contributed by atoms with E-state index in [1.165, 1.54) is 12.7 Å². The Kier molecular flexibility index (Phi) is 7.52. The summed E-state index contributed by atoms with van der Waals surface area (Å²) in [6.07, 6.45) is 4.76. The first-order chi connectivity index (χ1) is 16.1. The van der Waals surface area contributed by atoms with Crippen LogP contribution in [0.3, 0.4) is 0 Å². The second-order valence-electron chi connectivity index (χ2n) is 8.04. The molecule has 4 rings (SSSR count). The van der Waals surface area contributed by atoms with Crippen LogP contribution in [0.5, 0.6) is 11.5 Å². The van der Waals surface area contributed by atoms with Crippen LogP contribution >= 0.6 is 11.6 Å². The molecule has 1 aromatic heterocycles. The molecule has 0 aliphatic carbocycles. The van der Waals surface area contributed by atoms with E-state index in [-0.39, 0.29) is 10.9 Å². The van der Waals surface area contributed by atoms with E-state index >= 15 is 0 Å². The zero-order valence-corrected chi connectivity index (χ0v) is 19.8. The van der Waals surface area contributed by atoms with Crippen molar-refractivity contribution in [1.82, 2.24) is 19.4 Å². The van der Waals surface area contributed by atoms with Crippen molar-refractivity contribution < 1.29 is 14.3 Å². The number of hydrogen-bond acceptors (Lipinski definition) is 5. The first-order valence-corrected chi connectivity index (χ1v) is 11.4. The number of aromatic nitrogens is 2. The number of hydrogen-bond donors (Lipinski definition) is 0. The summed E-state index contributed by atoms with van der Waals surface area (Å²) in [5, 5.41) is 0.283. The molecule has 174 valence electrons. The van der Waals surface area contributed by atoms with Crippen LogP contribution < -0.4 is 9.47 Å². The standard InChI is InChI=1S/C25H29ClN4O3/c1-32-21-10-9-20(23(26)24(21)33-2)25(31)29-13-6-12-28(15-16-29)18-22-27-11-14-30(22)17-19-7-4-3-5-8-19/h3-5,7-11,14H,6,12-13,15-18H2,1-2H3. The minimum atomic E-state index is -0.0895. The van der Waals surface area contributed by atoms with Gasteiger partial charge in [-0.05, 0) is 24.1 Å². The first-order valence-electron chi connectivity index (χ1n) is 11.1. The highest BCUT2D eigenvalue weighted by molar-refractivity contribution is 6.35. The molecule has 3 aromatic rings. The van der Waals surface area contributed by atoms with E-state index in [4.69, 9.17) is 21.1 Å². The van der Waals surface area contributed by atoms with Gasteiger partial charge in [-0.3, -0.25) is 9.69 Å². The Bertz CT molecular complexity index is 1090. The fourth-order valence-electron chi connectivity index (χ4n) is 4.17. The Morgan fingerprint density at radius 3 is 2.58 bits per heavy atom. The molecule has 33 heavy (non-hydrogen) atoms. The van der Waals surface area contributed by atoms with Gasteiger partial charge in [0.2, 0.25) is 0 Å². The second-order valence-corrected chi connectivity index (χ2v) is 8.42. The summed E-state index contributed by atoms with van der Waals surface area (Å²) in [6, 6.07) is 13.8. The Hall–Kier alpha value is -3.03. The third-order valence-corrected chi connectivity index (χ3v) is 6.33. The number of carbonyl (C=O) groups is 1. The molecule has 0 spiro atoms. The lowest BCUT2D eigenvalue weighted by Crippen LogP contribution is -2.35. The Morgan fingerprint density at radius 1 is 1.00 bits per heavy atom. The van der Waals surface area contributed by atoms with Crippen LogP contribution in [0.2, 0.25) is 5.02 Å². The molecule has 1 aliphatic heterocycles. The van der Waals surface area contributed by atoms with E-state index in [2.05, 4.69) is 38.7 Å². The van der Waals surface area contributed by atoms with Crippen molar-refractivity contribution in [1.29, 1.82) is 0 Å². The molecule has 0 atom stereocenters. The quantitative estimate of drug-likeness (QED) is 0.525. The summed E-state index contributed by atoms with van der Waals surface area (Å²) < 4.78 is 12.8. The Labute approximate surface area is 199 Å². The van der Waals surface area contributed by atoms with Gasteiger partial charge in [0.1, 0.15) is 5.82 Å². The molecule has 0 radical (unpaired) electrons. The number of methoxy groups -OCH3 is 2. The first kappa shape index (κ1) is 23.1. The monoisotopic (exact) mass is 468 g/mol. The fourth-order valence-corrected chi connectivity index (χ4v) is 4.49. The molecule has 1 saturated heterocycles. The molecule has 7 nitrogen and oxygen atoms in total. The van der Waals surface area contributed by atoms with Gasteiger partial charge in [0.05, 0.1) is 31.4 Å². The number of ether oxygens (including phenoxy) is 2. The van der Waals surface area contributed by atoms with E-state index in [1.54, 1.807) is 19.2 Å². The number of rotatable bonds is 7. The average molecular weight is 469 g/mol. The van der Waals surface area contributed by atoms with E-state index in [0.717, 1.165) is 38.4 Å². The van der Waals surface area contributed by atoms with Gasteiger partial charge in [-0.1, -0.05) is 41.9 Å². The van der Waals surface area contributed by atoms with Crippen LogP contribution in [-0.4, -0.2) is 65.7 Å². The van der Waals surface area contributed by atoms with Crippen molar-refractivity contribution in [3.63, 3.8) is 0 Å². The van der Waals surface area contributed by atoms with E-state index in [9.17, 15) is 4.79 Å². The molecule has 0 N–H and O–H groups in total. The molecule has 1 fully saturated rings. The maximum atomic E-state index is 13.2. The number of nitrogens with zero attached hydrogens (tertiary/aromatic N) is 4. The SMILES string of the molecule is COc1ccc(C(=O)N2CCCN(Cc3nccn3Cc3ccccc3)CC2)c(Cl)c1OC. The van der Waals surface area contributed by atoms with E-state index in [0.29, 0.717) is 30.2 Å². The average Bonchev–Trinajstić information content (AvgIpc) is 3.12. The van der Waals surface area contributed by atoms with Gasteiger partial charge in [-0.15, -0.1) is 0 Å². The number of amides is 1. The van der Waals surface area contributed by atoms with Gasteiger partial charge in [0.25, 0.3) is 5.91 Å². The molecule has 1 aliphatic rings. The summed E-state index contributed by atoms with van der Waals surface area (Å²) in [4.78, 5) is 22.0. The van der Waals surface area contributed by atoms with Gasteiger partial charge in [-0.2, -0.15) is 0 Å².